The van der Waals surface area contributed by atoms with Gasteiger partial charge in [0, 0.05) is 19.6 Å². The second-order valence-electron chi connectivity index (χ2n) is 5.45. The largest absolute Gasteiger partial charge is 0.373 e. The summed E-state index contributed by atoms with van der Waals surface area (Å²) in [6.07, 6.45) is 0.587. The van der Waals surface area contributed by atoms with Crippen LogP contribution in [0.4, 0.5) is 9.18 Å². The van der Waals surface area contributed by atoms with Crippen LogP contribution in [0.5, 0.6) is 0 Å². The number of fused-ring (bicyclic) bond motifs is 1. The number of benzene rings is 1. The lowest BCUT2D eigenvalue weighted by atomic mass is 10.1. The Kier molecular flexibility index (Phi) is 5.99. The number of likely N-dealkylation sites (tertiary alicyclic amines) is 1. The molecule has 0 spiro atoms. The fourth-order valence-electron chi connectivity index (χ4n) is 2.88. The summed E-state index contributed by atoms with van der Waals surface area (Å²) in [6, 6.07) is 6.77. The van der Waals surface area contributed by atoms with E-state index < -0.39 is 0 Å². The van der Waals surface area contributed by atoms with Gasteiger partial charge in [-0.2, -0.15) is 0 Å². The normalized spacial score (nSPS) is 23.6. The molecular formula is C15H21ClFN3O2. The van der Waals surface area contributed by atoms with E-state index in [1.165, 1.54) is 6.07 Å². The molecule has 0 radical (unpaired) electrons. The molecule has 0 aromatic heterocycles. The highest BCUT2D eigenvalue weighted by Crippen LogP contribution is 2.16. The highest BCUT2D eigenvalue weighted by Gasteiger charge is 2.37. The average molecular weight is 330 g/mol. The molecular weight excluding hydrogens is 309 g/mol. The molecule has 1 aromatic carbocycles. The van der Waals surface area contributed by atoms with Crippen molar-refractivity contribution in [2.75, 3.05) is 32.8 Å². The SMILES string of the molecule is Cl.O=C(NCCc1ccccc1F)N1C[C@@H]2NCCO[C@H]2C1. The molecule has 122 valence electrons. The van der Waals surface area contributed by atoms with Gasteiger partial charge in [0.25, 0.3) is 0 Å². The Hall–Kier alpha value is -1.37. The monoisotopic (exact) mass is 329 g/mol. The van der Waals surface area contributed by atoms with E-state index in [1.807, 2.05) is 0 Å². The number of nitrogens with one attached hydrogen (secondary N) is 2. The first kappa shape index (κ1) is 17.0. The van der Waals surface area contributed by atoms with Gasteiger partial charge in [-0.1, -0.05) is 18.2 Å². The van der Waals surface area contributed by atoms with Gasteiger partial charge in [-0.15, -0.1) is 12.4 Å². The third-order valence-electron chi connectivity index (χ3n) is 4.02. The van der Waals surface area contributed by atoms with Gasteiger partial charge in [0.2, 0.25) is 0 Å². The Morgan fingerprint density at radius 1 is 1.41 bits per heavy atom. The number of halogens is 2. The molecule has 2 aliphatic heterocycles. The van der Waals surface area contributed by atoms with Crippen LogP contribution in [-0.4, -0.2) is 55.9 Å². The summed E-state index contributed by atoms with van der Waals surface area (Å²) in [6.45, 7) is 3.24. The molecule has 3 rings (SSSR count). The summed E-state index contributed by atoms with van der Waals surface area (Å²) >= 11 is 0. The molecule has 2 atom stereocenters. The van der Waals surface area contributed by atoms with Crippen LogP contribution < -0.4 is 10.6 Å². The van der Waals surface area contributed by atoms with E-state index in [-0.39, 0.29) is 36.4 Å². The Morgan fingerprint density at radius 3 is 3.00 bits per heavy atom. The van der Waals surface area contributed by atoms with Gasteiger partial charge in [0.15, 0.2) is 0 Å². The number of hydrogen-bond acceptors (Lipinski definition) is 3. The van der Waals surface area contributed by atoms with Crippen LogP contribution in [0.3, 0.4) is 0 Å². The van der Waals surface area contributed by atoms with Crippen molar-refractivity contribution in [3.8, 4) is 0 Å². The van der Waals surface area contributed by atoms with E-state index in [2.05, 4.69) is 10.6 Å². The predicted molar refractivity (Wildman–Crippen MR) is 83.9 cm³/mol. The lowest BCUT2D eigenvalue weighted by molar-refractivity contribution is 0.0186. The zero-order valence-corrected chi connectivity index (χ0v) is 13.1. The second-order valence-corrected chi connectivity index (χ2v) is 5.45. The van der Waals surface area contributed by atoms with Crippen molar-refractivity contribution in [1.82, 2.24) is 15.5 Å². The van der Waals surface area contributed by atoms with E-state index in [0.29, 0.717) is 38.2 Å². The Bertz CT molecular complexity index is 503. The number of amides is 2. The maximum atomic E-state index is 13.5. The van der Waals surface area contributed by atoms with Gasteiger partial charge < -0.3 is 20.3 Å². The lowest BCUT2D eigenvalue weighted by Crippen LogP contribution is -2.47. The van der Waals surface area contributed by atoms with Gasteiger partial charge in [0.1, 0.15) is 5.82 Å². The van der Waals surface area contributed by atoms with Crippen molar-refractivity contribution in [3.05, 3.63) is 35.6 Å². The van der Waals surface area contributed by atoms with Gasteiger partial charge in [0.05, 0.1) is 25.3 Å². The average Bonchev–Trinajstić information content (AvgIpc) is 2.93. The van der Waals surface area contributed by atoms with Gasteiger partial charge in [-0.05, 0) is 18.1 Å². The van der Waals surface area contributed by atoms with Crippen LogP contribution in [0.1, 0.15) is 5.56 Å². The van der Waals surface area contributed by atoms with Crippen LogP contribution in [0.15, 0.2) is 24.3 Å². The number of carbonyl (C=O) groups excluding carboxylic acids is 1. The standard InChI is InChI=1S/C15H20FN3O2.ClH/c16-12-4-2-1-3-11(12)5-6-18-15(20)19-9-13-14(10-19)21-8-7-17-13;/h1-4,13-14,17H,5-10H2,(H,18,20);1H/t13-,14-;/m0./s1. The minimum absolute atomic E-state index is 0. The van der Waals surface area contributed by atoms with Crippen molar-refractivity contribution >= 4 is 18.4 Å². The quantitative estimate of drug-likeness (QED) is 0.875. The highest BCUT2D eigenvalue weighted by atomic mass is 35.5. The van der Waals surface area contributed by atoms with Crippen molar-refractivity contribution < 1.29 is 13.9 Å². The topological polar surface area (TPSA) is 53.6 Å². The summed E-state index contributed by atoms with van der Waals surface area (Å²) < 4.78 is 19.1. The molecule has 1 aromatic rings. The van der Waals surface area contributed by atoms with Crippen LogP contribution >= 0.6 is 12.4 Å². The number of ether oxygens (including phenoxy) is 1. The molecule has 0 bridgehead atoms. The molecule has 2 saturated heterocycles. The second kappa shape index (κ2) is 7.76. The van der Waals surface area contributed by atoms with Crippen LogP contribution in [-0.2, 0) is 11.2 Å². The van der Waals surface area contributed by atoms with E-state index >= 15 is 0 Å². The van der Waals surface area contributed by atoms with E-state index in [4.69, 9.17) is 4.74 Å². The molecule has 2 fully saturated rings. The molecule has 2 aliphatic rings. The highest BCUT2D eigenvalue weighted by molar-refractivity contribution is 5.85. The lowest BCUT2D eigenvalue weighted by Gasteiger charge is -2.25. The molecule has 2 amide bonds. The number of hydrogen-bond donors (Lipinski definition) is 2. The molecule has 22 heavy (non-hydrogen) atoms. The van der Waals surface area contributed by atoms with Crippen molar-refractivity contribution in [2.24, 2.45) is 0 Å². The molecule has 5 nitrogen and oxygen atoms in total. The summed E-state index contributed by atoms with van der Waals surface area (Å²) in [5.74, 6) is -0.225. The first-order valence-electron chi connectivity index (χ1n) is 7.35. The molecule has 0 aliphatic carbocycles. The fourth-order valence-corrected chi connectivity index (χ4v) is 2.88. The van der Waals surface area contributed by atoms with E-state index in [9.17, 15) is 9.18 Å². The number of carbonyl (C=O) groups is 1. The van der Waals surface area contributed by atoms with Crippen LogP contribution in [0.2, 0.25) is 0 Å². The van der Waals surface area contributed by atoms with Gasteiger partial charge in [-0.3, -0.25) is 0 Å². The fraction of sp³-hybridized carbons (Fsp3) is 0.533. The Morgan fingerprint density at radius 2 is 2.23 bits per heavy atom. The zero-order chi connectivity index (χ0) is 14.7. The maximum Gasteiger partial charge on any atom is 0.317 e. The van der Waals surface area contributed by atoms with Crippen LogP contribution in [0.25, 0.3) is 0 Å². The van der Waals surface area contributed by atoms with Gasteiger partial charge in [-0.25, -0.2) is 9.18 Å². The maximum absolute atomic E-state index is 13.5. The van der Waals surface area contributed by atoms with Crippen molar-refractivity contribution in [3.63, 3.8) is 0 Å². The number of nitrogens with zero attached hydrogens (tertiary/aromatic N) is 1. The molecule has 2 N–H and O–H groups in total. The van der Waals surface area contributed by atoms with Crippen molar-refractivity contribution in [1.29, 1.82) is 0 Å². The summed E-state index contributed by atoms with van der Waals surface area (Å²) in [4.78, 5) is 13.9. The number of urea groups is 1. The Labute approximate surface area is 135 Å². The predicted octanol–water partition coefficient (Wildman–Crippen LogP) is 1.17. The number of rotatable bonds is 3. The molecule has 2 heterocycles. The minimum atomic E-state index is -0.225. The molecule has 0 unspecified atom stereocenters. The number of morpholine rings is 1. The van der Waals surface area contributed by atoms with E-state index in [1.54, 1.807) is 23.1 Å². The first-order valence-corrected chi connectivity index (χ1v) is 7.35. The molecule has 7 heteroatoms. The third kappa shape index (κ3) is 3.88. The van der Waals surface area contributed by atoms with E-state index in [0.717, 1.165) is 6.54 Å². The zero-order valence-electron chi connectivity index (χ0n) is 12.3. The third-order valence-corrected chi connectivity index (χ3v) is 4.02. The summed E-state index contributed by atoms with van der Waals surface area (Å²) in [5, 5.41) is 6.21. The molecule has 0 saturated carbocycles. The van der Waals surface area contributed by atoms with Crippen LogP contribution in [0, 0.1) is 5.82 Å². The smallest absolute Gasteiger partial charge is 0.317 e. The van der Waals surface area contributed by atoms with Gasteiger partial charge >= 0.3 is 6.03 Å². The summed E-state index contributed by atoms with van der Waals surface area (Å²) in [5.41, 5.74) is 0.623. The Balaban J connectivity index is 0.00000176. The minimum Gasteiger partial charge on any atom is -0.373 e. The first-order chi connectivity index (χ1) is 10.2. The summed E-state index contributed by atoms with van der Waals surface area (Å²) in [7, 11) is 0. The van der Waals surface area contributed by atoms with Crippen molar-refractivity contribution in [2.45, 2.75) is 18.6 Å².